The number of ether oxygens (including phenoxy) is 1. The SMILES string of the molecule is C[Si](C)(C)O[C@@H]1[C@@H](c2ccccc2)OC1(O[Si](C)(C)C)O[Si](C)(C)C. The van der Waals surface area contributed by atoms with Crippen LogP contribution in [0.4, 0.5) is 0 Å². The van der Waals surface area contributed by atoms with E-state index in [2.05, 4.69) is 71.1 Å². The smallest absolute Gasteiger partial charge is 0.294 e. The van der Waals surface area contributed by atoms with Gasteiger partial charge in [-0.1, -0.05) is 30.3 Å². The number of hydrogen-bond donors (Lipinski definition) is 0. The van der Waals surface area contributed by atoms with Gasteiger partial charge in [0.2, 0.25) is 0 Å². The van der Waals surface area contributed by atoms with Crippen LogP contribution in [0.5, 0.6) is 0 Å². The second kappa shape index (κ2) is 7.03. The van der Waals surface area contributed by atoms with Gasteiger partial charge >= 0.3 is 0 Å². The first-order chi connectivity index (χ1) is 11.2. The van der Waals surface area contributed by atoms with Crippen molar-refractivity contribution in [3.05, 3.63) is 35.9 Å². The fourth-order valence-electron chi connectivity index (χ4n) is 2.86. The van der Waals surface area contributed by atoms with Gasteiger partial charge in [-0.3, -0.25) is 0 Å². The number of benzene rings is 1. The zero-order chi connectivity index (χ0) is 19.1. The molecule has 2 atom stereocenters. The van der Waals surface area contributed by atoms with Gasteiger partial charge in [-0.25, -0.2) is 0 Å². The Hall–Kier alpha value is -0.289. The van der Waals surface area contributed by atoms with Crippen LogP contribution in [0, 0.1) is 0 Å². The number of rotatable bonds is 7. The molecule has 142 valence electrons. The molecule has 0 saturated carbocycles. The summed E-state index contributed by atoms with van der Waals surface area (Å²) in [4.78, 5) is 0. The highest BCUT2D eigenvalue weighted by atomic mass is 28.4. The average molecular weight is 399 g/mol. The molecule has 0 aromatic heterocycles. The summed E-state index contributed by atoms with van der Waals surface area (Å²) in [6.45, 7) is 19.5. The molecule has 0 N–H and O–H groups in total. The lowest BCUT2D eigenvalue weighted by atomic mass is 9.97. The maximum Gasteiger partial charge on any atom is 0.294 e. The van der Waals surface area contributed by atoms with E-state index in [1.165, 1.54) is 0 Å². The summed E-state index contributed by atoms with van der Waals surface area (Å²) in [6.07, 6.45) is -0.388. The van der Waals surface area contributed by atoms with E-state index in [-0.39, 0.29) is 12.2 Å². The zero-order valence-electron chi connectivity index (χ0n) is 17.2. The zero-order valence-corrected chi connectivity index (χ0v) is 20.2. The van der Waals surface area contributed by atoms with Gasteiger partial charge in [0.25, 0.3) is 5.97 Å². The summed E-state index contributed by atoms with van der Waals surface area (Å²) in [6, 6.07) is 10.2. The second-order valence-electron chi connectivity index (χ2n) is 9.63. The Kier molecular flexibility index (Phi) is 5.91. The van der Waals surface area contributed by atoms with Crippen LogP contribution in [-0.4, -0.2) is 37.0 Å². The molecule has 1 aromatic rings. The topological polar surface area (TPSA) is 36.9 Å². The van der Waals surface area contributed by atoms with Crippen LogP contribution in [0.1, 0.15) is 11.7 Å². The van der Waals surface area contributed by atoms with E-state index in [4.69, 9.17) is 18.0 Å². The summed E-state index contributed by atoms with van der Waals surface area (Å²) in [7, 11) is -5.62. The molecule has 7 heteroatoms. The monoisotopic (exact) mass is 398 g/mol. The maximum absolute atomic E-state index is 6.56. The van der Waals surface area contributed by atoms with E-state index in [1.54, 1.807) is 0 Å². The molecule has 1 aromatic carbocycles. The third kappa shape index (κ3) is 5.85. The molecule has 1 heterocycles. The Morgan fingerprint density at radius 3 is 1.64 bits per heavy atom. The molecule has 1 saturated heterocycles. The molecular formula is C18H34O4Si3. The van der Waals surface area contributed by atoms with Crippen molar-refractivity contribution in [2.45, 2.75) is 77.1 Å². The third-order valence-electron chi connectivity index (χ3n) is 3.42. The minimum Gasteiger partial charge on any atom is -0.404 e. The Morgan fingerprint density at radius 2 is 1.24 bits per heavy atom. The summed E-state index contributed by atoms with van der Waals surface area (Å²) in [5, 5.41) is 0. The normalized spacial score (nSPS) is 24.0. The van der Waals surface area contributed by atoms with E-state index >= 15 is 0 Å². The second-order valence-corrected chi connectivity index (χ2v) is 23.0. The molecule has 0 spiro atoms. The predicted molar refractivity (Wildman–Crippen MR) is 110 cm³/mol. The van der Waals surface area contributed by atoms with Crippen LogP contribution in [0.3, 0.4) is 0 Å². The van der Waals surface area contributed by atoms with Crippen molar-refractivity contribution in [3.8, 4) is 0 Å². The van der Waals surface area contributed by atoms with Gasteiger partial charge < -0.3 is 18.0 Å². The van der Waals surface area contributed by atoms with E-state index in [0.717, 1.165) is 5.56 Å². The fraction of sp³-hybridized carbons (Fsp3) is 0.667. The summed E-state index contributed by atoms with van der Waals surface area (Å²) in [5.41, 5.74) is 1.11. The largest absolute Gasteiger partial charge is 0.404 e. The molecule has 1 fully saturated rings. The molecule has 1 aliphatic heterocycles. The van der Waals surface area contributed by atoms with Crippen LogP contribution in [-0.2, 0) is 18.0 Å². The highest BCUT2D eigenvalue weighted by Crippen LogP contribution is 2.50. The standard InChI is InChI=1S/C18H34O4Si3/c1-23(2,3)20-17-16(15-13-11-10-12-14-15)19-18(17,21-24(4,5)6)22-25(7,8)9/h10-14,16-17H,1-9H3/t16-,17-/m1/s1. The molecule has 0 amide bonds. The molecule has 0 aliphatic carbocycles. The molecule has 2 rings (SSSR count). The van der Waals surface area contributed by atoms with Crippen LogP contribution >= 0.6 is 0 Å². The lowest BCUT2D eigenvalue weighted by Gasteiger charge is -2.57. The highest BCUT2D eigenvalue weighted by Gasteiger charge is 2.63. The molecular weight excluding hydrogens is 364 g/mol. The van der Waals surface area contributed by atoms with Crippen molar-refractivity contribution in [2.75, 3.05) is 0 Å². The van der Waals surface area contributed by atoms with Gasteiger partial charge in [0, 0.05) is 0 Å². The van der Waals surface area contributed by atoms with Crippen LogP contribution < -0.4 is 0 Å². The van der Waals surface area contributed by atoms with Gasteiger partial charge in [0.05, 0.1) is 0 Å². The number of hydrogen-bond acceptors (Lipinski definition) is 4. The van der Waals surface area contributed by atoms with E-state index in [0.29, 0.717) is 0 Å². The Morgan fingerprint density at radius 1 is 0.760 bits per heavy atom. The van der Waals surface area contributed by atoms with Gasteiger partial charge in [0.15, 0.2) is 31.1 Å². The minimum atomic E-state index is -1.90. The Bertz CT molecular complexity index is 557. The molecule has 0 unspecified atom stereocenters. The van der Waals surface area contributed by atoms with Crippen molar-refractivity contribution >= 4 is 25.0 Å². The summed E-state index contributed by atoms with van der Waals surface area (Å²) in [5.74, 6) is -1.07. The predicted octanol–water partition coefficient (Wildman–Crippen LogP) is 5.33. The van der Waals surface area contributed by atoms with Crippen LogP contribution in [0.2, 0.25) is 58.9 Å². The molecule has 0 radical (unpaired) electrons. The van der Waals surface area contributed by atoms with Crippen molar-refractivity contribution < 1.29 is 18.0 Å². The van der Waals surface area contributed by atoms with Gasteiger partial charge in [0.1, 0.15) is 6.10 Å². The van der Waals surface area contributed by atoms with E-state index < -0.39 is 30.9 Å². The Balaban J connectivity index is 2.39. The molecule has 0 bridgehead atoms. The summed E-state index contributed by atoms with van der Waals surface area (Å²) >= 11 is 0. The minimum absolute atomic E-state index is 0.152. The highest BCUT2D eigenvalue weighted by molar-refractivity contribution is 6.71. The van der Waals surface area contributed by atoms with Crippen molar-refractivity contribution in [2.24, 2.45) is 0 Å². The van der Waals surface area contributed by atoms with E-state index in [9.17, 15) is 0 Å². The first kappa shape index (κ1) is 21.0. The molecule has 25 heavy (non-hydrogen) atoms. The van der Waals surface area contributed by atoms with Crippen molar-refractivity contribution in [1.29, 1.82) is 0 Å². The van der Waals surface area contributed by atoms with Gasteiger partial charge in [-0.15, -0.1) is 0 Å². The first-order valence-corrected chi connectivity index (χ1v) is 19.2. The average Bonchev–Trinajstić information content (AvgIpc) is 2.39. The lowest BCUT2D eigenvalue weighted by Crippen LogP contribution is -2.70. The van der Waals surface area contributed by atoms with Crippen molar-refractivity contribution in [3.63, 3.8) is 0 Å². The van der Waals surface area contributed by atoms with Gasteiger partial charge in [-0.2, -0.15) is 0 Å². The first-order valence-electron chi connectivity index (χ1n) is 9.02. The fourth-order valence-corrected chi connectivity index (χ4v) is 6.09. The quantitative estimate of drug-likeness (QED) is 0.459. The Labute approximate surface area is 156 Å². The van der Waals surface area contributed by atoms with Crippen LogP contribution in [0.15, 0.2) is 30.3 Å². The van der Waals surface area contributed by atoms with Gasteiger partial charge in [-0.05, 0) is 64.5 Å². The van der Waals surface area contributed by atoms with Crippen LogP contribution in [0.25, 0.3) is 0 Å². The third-order valence-corrected chi connectivity index (χ3v) is 6.18. The van der Waals surface area contributed by atoms with Crippen molar-refractivity contribution in [1.82, 2.24) is 0 Å². The summed E-state index contributed by atoms with van der Waals surface area (Å²) < 4.78 is 25.9. The molecule has 1 aliphatic rings. The maximum atomic E-state index is 6.56. The molecule has 4 nitrogen and oxygen atoms in total. The lowest BCUT2D eigenvalue weighted by molar-refractivity contribution is -0.456. The van der Waals surface area contributed by atoms with E-state index in [1.807, 2.05) is 18.2 Å².